The molecule has 1 saturated heterocycles. The number of piperidine rings is 1. The quantitative estimate of drug-likeness (QED) is 0.892. The highest BCUT2D eigenvalue weighted by atomic mass is 16.6. The van der Waals surface area contributed by atoms with Gasteiger partial charge in [-0.15, -0.1) is 0 Å². The van der Waals surface area contributed by atoms with Crippen molar-refractivity contribution in [3.63, 3.8) is 0 Å². The molecule has 24 heavy (non-hydrogen) atoms. The molecule has 1 aliphatic rings. The fourth-order valence-corrected chi connectivity index (χ4v) is 3.05. The third-order valence-electron chi connectivity index (χ3n) is 4.62. The van der Waals surface area contributed by atoms with Crippen molar-refractivity contribution in [2.24, 2.45) is 5.92 Å². The molecule has 1 unspecified atom stereocenters. The Morgan fingerprint density at radius 2 is 1.96 bits per heavy atom. The highest BCUT2D eigenvalue weighted by molar-refractivity contribution is 5.68. The van der Waals surface area contributed by atoms with Crippen molar-refractivity contribution in [1.29, 1.82) is 0 Å². The van der Waals surface area contributed by atoms with Crippen LogP contribution in [0.1, 0.15) is 40.2 Å². The second-order valence-corrected chi connectivity index (χ2v) is 8.01. The maximum absolute atomic E-state index is 12.1. The maximum Gasteiger partial charge on any atom is 0.408 e. The van der Waals surface area contributed by atoms with Crippen LogP contribution in [0.15, 0.2) is 30.3 Å². The number of hydrogen-bond acceptors (Lipinski definition) is 4. The van der Waals surface area contributed by atoms with Crippen molar-refractivity contribution >= 4 is 6.09 Å². The van der Waals surface area contributed by atoms with Crippen molar-refractivity contribution in [3.8, 4) is 0 Å². The van der Waals surface area contributed by atoms with E-state index in [0.29, 0.717) is 6.54 Å². The van der Waals surface area contributed by atoms with E-state index in [9.17, 15) is 9.90 Å². The number of nitrogens with one attached hydrogen (secondary N) is 1. The molecular formula is C19H30N2O3. The average molecular weight is 334 g/mol. The van der Waals surface area contributed by atoms with Crippen LogP contribution in [0.5, 0.6) is 0 Å². The van der Waals surface area contributed by atoms with Crippen molar-refractivity contribution < 1.29 is 14.6 Å². The first-order chi connectivity index (χ1) is 11.1. The van der Waals surface area contributed by atoms with Gasteiger partial charge in [0.15, 0.2) is 0 Å². The molecule has 1 aromatic carbocycles. The minimum Gasteiger partial charge on any atom is -0.444 e. The summed E-state index contributed by atoms with van der Waals surface area (Å²) in [6.45, 7) is 11.5. The number of carbonyl (C=O) groups is 1. The first-order valence-corrected chi connectivity index (χ1v) is 8.56. The molecule has 1 fully saturated rings. The van der Waals surface area contributed by atoms with E-state index in [-0.39, 0.29) is 12.0 Å². The predicted molar refractivity (Wildman–Crippen MR) is 94.7 cm³/mol. The Labute approximate surface area is 145 Å². The number of likely N-dealkylation sites (tertiary alicyclic amines) is 1. The molecule has 0 spiro atoms. The number of carbonyl (C=O) groups excluding carboxylic acids is 1. The van der Waals surface area contributed by atoms with Crippen LogP contribution in [-0.2, 0) is 11.3 Å². The summed E-state index contributed by atoms with van der Waals surface area (Å²) in [5, 5.41) is 13.7. The first-order valence-electron chi connectivity index (χ1n) is 8.56. The zero-order chi connectivity index (χ0) is 18.0. The summed E-state index contributed by atoms with van der Waals surface area (Å²) in [4.78, 5) is 14.4. The van der Waals surface area contributed by atoms with Gasteiger partial charge < -0.3 is 15.2 Å². The Bertz CT molecular complexity index is 551. The van der Waals surface area contributed by atoms with E-state index >= 15 is 0 Å². The number of hydrogen-bond donors (Lipinski definition) is 2. The lowest BCUT2D eigenvalue weighted by atomic mass is 9.80. The van der Waals surface area contributed by atoms with Crippen LogP contribution >= 0.6 is 0 Å². The SMILES string of the molecule is C[C@H]1CN(Cc2ccccc2)C[C@@H](NC(=O)OC(C)(C)C)C1(C)O. The molecule has 0 radical (unpaired) electrons. The van der Waals surface area contributed by atoms with E-state index in [1.807, 2.05) is 45.9 Å². The van der Waals surface area contributed by atoms with Gasteiger partial charge in [0.1, 0.15) is 5.60 Å². The molecular weight excluding hydrogens is 304 g/mol. The third-order valence-corrected chi connectivity index (χ3v) is 4.62. The molecule has 1 aromatic rings. The van der Waals surface area contributed by atoms with E-state index in [2.05, 4.69) is 22.3 Å². The fraction of sp³-hybridized carbons (Fsp3) is 0.632. The van der Waals surface area contributed by atoms with Crippen molar-refractivity contribution in [2.75, 3.05) is 13.1 Å². The molecule has 1 aliphatic heterocycles. The Balaban J connectivity index is 2.05. The van der Waals surface area contributed by atoms with Crippen molar-refractivity contribution in [1.82, 2.24) is 10.2 Å². The molecule has 2 N–H and O–H groups in total. The lowest BCUT2D eigenvalue weighted by Gasteiger charge is -2.47. The van der Waals surface area contributed by atoms with Crippen LogP contribution in [0.2, 0.25) is 0 Å². The molecule has 0 aliphatic carbocycles. The summed E-state index contributed by atoms with van der Waals surface area (Å²) in [6.07, 6.45) is -0.485. The Kier molecular flexibility index (Phi) is 5.56. The van der Waals surface area contributed by atoms with Crippen LogP contribution in [0.25, 0.3) is 0 Å². The zero-order valence-electron chi connectivity index (χ0n) is 15.4. The van der Waals surface area contributed by atoms with E-state index < -0.39 is 17.3 Å². The van der Waals surface area contributed by atoms with E-state index in [1.165, 1.54) is 5.56 Å². The van der Waals surface area contributed by atoms with Gasteiger partial charge in [0.2, 0.25) is 0 Å². The average Bonchev–Trinajstić information content (AvgIpc) is 2.44. The van der Waals surface area contributed by atoms with E-state index in [0.717, 1.165) is 13.1 Å². The first kappa shape index (κ1) is 18.7. The van der Waals surface area contributed by atoms with E-state index in [4.69, 9.17) is 4.74 Å². The maximum atomic E-state index is 12.1. The molecule has 134 valence electrons. The summed E-state index contributed by atoms with van der Waals surface area (Å²) in [6, 6.07) is 9.85. The Morgan fingerprint density at radius 1 is 1.33 bits per heavy atom. The summed E-state index contributed by atoms with van der Waals surface area (Å²) >= 11 is 0. The van der Waals surface area contributed by atoms with E-state index in [1.54, 1.807) is 6.92 Å². The highest BCUT2D eigenvalue weighted by Gasteiger charge is 2.44. The molecule has 0 bridgehead atoms. The number of benzene rings is 1. The standard InChI is InChI=1S/C19H30N2O3/c1-14-11-21(12-15-9-7-6-8-10-15)13-16(19(14,5)23)20-17(22)24-18(2,3)4/h6-10,14,16,23H,11-13H2,1-5H3,(H,20,22)/t14-,16+,19?/m0/s1. The number of alkyl carbamates (subject to hydrolysis) is 1. The smallest absolute Gasteiger partial charge is 0.408 e. The Hall–Kier alpha value is -1.59. The molecule has 0 aromatic heterocycles. The molecule has 5 nitrogen and oxygen atoms in total. The van der Waals surface area contributed by atoms with Crippen LogP contribution in [0.4, 0.5) is 4.79 Å². The van der Waals surface area contributed by atoms with Crippen molar-refractivity contribution in [3.05, 3.63) is 35.9 Å². The molecule has 2 rings (SSSR count). The molecule has 3 atom stereocenters. The molecule has 5 heteroatoms. The van der Waals surface area contributed by atoms with Crippen molar-refractivity contribution in [2.45, 2.75) is 58.4 Å². The number of ether oxygens (including phenoxy) is 1. The lowest BCUT2D eigenvalue weighted by molar-refractivity contribution is -0.0800. The monoisotopic (exact) mass is 334 g/mol. The normalized spacial score (nSPS) is 28.4. The number of amides is 1. The second-order valence-electron chi connectivity index (χ2n) is 8.01. The largest absolute Gasteiger partial charge is 0.444 e. The summed E-state index contributed by atoms with van der Waals surface area (Å²) < 4.78 is 5.34. The van der Waals surface area contributed by atoms with Gasteiger partial charge in [0.05, 0.1) is 11.6 Å². The highest BCUT2D eigenvalue weighted by Crippen LogP contribution is 2.29. The van der Waals surface area contributed by atoms with Gasteiger partial charge >= 0.3 is 6.09 Å². The lowest BCUT2D eigenvalue weighted by Crippen LogP contribution is -2.65. The number of rotatable bonds is 3. The minimum absolute atomic E-state index is 0.0369. The molecule has 1 heterocycles. The van der Waals surface area contributed by atoms with Gasteiger partial charge in [-0.1, -0.05) is 37.3 Å². The summed E-state index contributed by atoms with van der Waals surface area (Å²) in [5.74, 6) is 0.0369. The summed E-state index contributed by atoms with van der Waals surface area (Å²) in [7, 11) is 0. The minimum atomic E-state index is -0.968. The van der Waals surface area contributed by atoms with Gasteiger partial charge in [-0.2, -0.15) is 0 Å². The van der Waals surface area contributed by atoms with Gasteiger partial charge in [0, 0.05) is 19.6 Å². The third kappa shape index (κ3) is 4.95. The van der Waals surface area contributed by atoms with Crippen LogP contribution < -0.4 is 5.32 Å². The predicted octanol–water partition coefficient (Wildman–Crippen LogP) is 2.78. The van der Waals surface area contributed by atoms with Crippen LogP contribution in [-0.4, -0.2) is 46.4 Å². The van der Waals surface area contributed by atoms with Crippen LogP contribution in [0.3, 0.4) is 0 Å². The van der Waals surface area contributed by atoms with Gasteiger partial charge in [-0.3, -0.25) is 4.90 Å². The molecule has 1 amide bonds. The topological polar surface area (TPSA) is 61.8 Å². The number of aliphatic hydroxyl groups is 1. The van der Waals surface area contributed by atoms with Gasteiger partial charge in [-0.25, -0.2) is 4.79 Å². The van der Waals surface area contributed by atoms with Crippen LogP contribution in [0, 0.1) is 5.92 Å². The number of nitrogens with zero attached hydrogens (tertiary/aromatic N) is 1. The second kappa shape index (κ2) is 7.11. The van der Waals surface area contributed by atoms with Gasteiger partial charge in [-0.05, 0) is 39.2 Å². The fourth-order valence-electron chi connectivity index (χ4n) is 3.05. The van der Waals surface area contributed by atoms with Gasteiger partial charge in [0.25, 0.3) is 0 Å². The summed E-state index contributed by atoms with van der Waals surface area (Å²) in [5.41, 5.74) is -0.299. The zero-order valence-corrected chi connectivity index (χ0v) is 15.4. The Morgan fingerprint density at radius 3 is 2.54 bits per heavy atom. The molecule has 0 saturated carbocycles.